The normalized spacial score (nSPS) is 16.6. The molecule has 0 unspecified atom stereocenters. The van der Waals surface area contributed by atoms with Gasteiger partial charge >= 0.3 is 0 Å². The molecule has 2 aromatic rings. The maximum atomic E-state index is 3.47. The first-order valence-electron chi connectivity index (χ1n) is 7.60. The SMILES string of the molecule is Cc1cccc(C2(CCCc3ccccc3)CNC2)c1. The molecule has 1 aliphatic rings. The first kappa shape index (κ1) is 13.4. The van der Waals surface area contributed by atoms with Crippen LogP contribution in [0.1, 0.15) is 29.5 Å². The summed E-state index contributed by atoms with van der Waals surface area (Å²) >= 11 is 0. The van der Waals surface area contributed by atoms with Gasteiger partial charge in [-0.05, 0) is 37.3 Å². The van der Waals surface area contributed by atoms with Gasteiger partial charge in [-0.15, -0.1) is 0 Å². The van der Waals surface area contributed by atoms with E-state index in [0.29, 0.717) is 5.41 Å². The van der Waals surface area contributed by atoms with Crippen LogP contribution in [-0.4, -0.2) is 13.1 Å². The fraction of sp³-hybridized carbons (Fsp3) is 0.368. The molecule has 104 valence electrons. The number of benzene rings is 2. The molecule has 0 aromatic heterocycles. The highest BCUT2D eigenvalue weighted by Crippen LogP contribution is 2.34. The van der Waals surface area contributed by atoms with Crippen LogP contribution in [-0.2, 0) is 11.8 Å². The third-order valence-electron chi connectivity index (χ3n) is 4.52. The highest BCUT2D eigenvalue weighted by atomic mass is 15.0. The topological polar surface area (TPSA) is 12.0 Å². The third kappa shape index (κ3) is 2.78. The molecule has 0 radical (unpaired) electrons. The molecule has 20 heavy (non-hydrogen) atoms. The zero-order chi connectivity index (χ0) is 13.8. The summed E-state index contributed by atoms with van der Waals surface area (Å²) in [6.45, 7) is 4.45. The van der Waals surface area contributed by atoms with Gasteiger partial charge < -0.3 is 5.32 Å². The van der Waals surface area contributed by atoms with Crippen molar-refractivity contribution in [2.45, 2.75) is 31.6 Å². The second-order valence-electron chi connectivity index (χ2n) is 6.09. The first-order chi connectivity index (χ1) is 9.78. The summed E-state index contributed by atoms with van der Waals surface area (Å²) in [5.41, 5.74) is 4.72. The molecule has 0 amide bonds. The van der Waals surface area contributed by atoms with E-state index in [0.717, 1.165) is 13.1 Å². The number of hydrogen-bond acceptors (Lipinski definition) is 1. The van der Waals surface area contributed by atoms with Gasteiger partial charge in [-0.25, -0.2) is 0 Å². The lowest BCUT2D eigenvalue weighted by molar-refractivity contribution is 0.252. The summed E-state index contributed by atoms with van der Waals surface area (Å²) in [6.07, 6.45) is 3.73. The van der Waals surface area contributed by atoms with E-state index < -0.39 is 0 Å². The van der Waals surface area contributed by atoms with Crippen LogP contribution in [0.5, 0.6) is 0 Å². The summed E-state index contributed by atoms with van der Waals surface area (Å²) < 4.78 is 0. The Kier molecular flexibility index (Phi) is 3.88. The zero-order valence-corrected chi connectivity index (χ0v) is 12.2. The van der Waals surface area contributed by atoms with Crippen LogP contribution in [0.3, 0.4) is 0 Å². The largest absolute Gasteiger partial charge is 0.315 e. The van der Waals surface area contributed by atoms with Crippen LogP contribution < -0.4 is 5.32 Å². The van der Waals surface area contributed by atoms with Gasteiger partial charge in [0.2, 0.25) is 0 Å². The molecule has 1 aliphatic heterocycles. The van der Waals surface area contributed by atoms with Crippen LogP contribution in [0.15, 0.2) is 54.6 Å². The predicted octanol–water partition coefficient (Wildman–Crippen LogP) is 3.86. The van der Waals surface area contributed by atoms with Gasteiger partial charge in [0.05, 0.1) is 0 Å². The Morgan fingerprint density at radius 1 is 1.00 bits per heavy atom. The van der Waals surface area contributed by atoms with E-state index >= 15 is 0 Å². The van der Waals surface area contributed by atoms with Gasteiger partial charge in [0.1, 0.15) is 0 Å². The van der Waals surface area contributed by atoms with E-state index in [1.165, 1.54) is 36.0 Å². The molecule has 1 nitrogen and oxygen atoms in total. The Balaban J connectivity index is 1.65. The van der Waals surface area contributed by atoms with Crippen LogP contribution >= 0.6 is 0 Å². The summed E-state index contributed by atoms with van der Waals surface area (Å²) in [6, 6.07) is 19.9. The van der Waals surface area contributed by atoms with Gasteiger partial charge in [-0.2, -0.15) is 0 Å². The first-order valence-corrected chi connectivity index (χ1v) is 7.60. The van der Waals surface area contributed by atoms with Crippen molar-refractivity contribution in [3.63, 3.8) is 0 Å². The Bertz CT molecular complexity index is 555. The molecule has 3 rings (SSSR count). The minimum atomic E-state index is 0.376. The molecule has 1 heterocycles. The Morgan fingerprint density at radius 3 is 2.45 bits per heavy atom. The second-order valence-corrected chi connectivity index (χ2v) is 6.09. The quantitative estimate of drug-likeness (QED) is 0.865. The van der Waals surface area contributed by atoms with E-state index in [2.05, 4.69) is 66.8 Å². The maximum Gasteiger partial charge on any atom is 0.0202 e. The molecular weight excluding hydrogens is 242 g/mol. The van der Waals surface area contributed by atoms with Gasteiger partial charge in [0.15, 0.2) is 0 Å². The molecular formula is C19H23N. The van der Waals surface area contributed by atoms with Crippen LogP contribution in [0.4, 0.5) is 0 Å². The van der Waals surface area contributed by atoms with E-state index in [9.17, 15) is 0 Å². The van der Waals surface area contributed by atoms with Gasteiger partial charge in [0, 0.05) is 18.5 Å². The lowest BCUT2D eigenvalue weighted by atomic mass is 9.71. The molecule has 1 heteroatoms. The molecule has 1 fully saturated rings. The Labute approximate surface area is 122 Å². The molecule has 0 spiro atoms. The molecule has 0 atom stereocenters. The lowest BCUT2D eigenvalue weighted by Crippen LogP contribution is -2.56. The van der Waals surface area contributed by atoms with Crippen molar-refractivity contribution in [1.82, 2.24) is 5.32 Å². The average Bonchev–Trinajstić information content (AvgIpc) is 2.43. The highest BCUT2D eigenvalue weighted by Gasteiger charge is 2.37. The highest BCUT2D eigenvalue weighted by molar-refractivity contribution is 5.33. The fourth-order valence-corrected chi connectivity index (χ4v) is 3.20. The zero-order valence-electron chi connectivity index (χ0n) is 12.2. The van der Waals surface area contributed by atoms with Gasteiger partial charge in [-0.3, -0.25) is 0 Å². The molecule has 0 bridgehead atoms. The predicted molar refractivity (Wildman–Crippen MR) is 85.1 cm³/mol. The third-order valence-corrected chi connectivity index (χ3v) is 4.52. The average molecular weight is 265 g/mol. The molecule has 1 saturated heterocycles. The number of hydrogen-bond donors (Lipinski definition) is 1. The van der Waals surface area contributed by atoms with Crippen LogP contribution in [0.2, 0.25) is 0 Å². The fourth-order valence-electron chi connectivity index (χ4n) is 3.20. The van der Waals surface area contributed by atoms with Crippen molar-refractivity contribution in [3.05, 3.63) is 71.3 Å². The molecule has 0 saturated carbocycles. The molecule has 0 aliphatic carbocycles. The van der Waals surface area contributed by atoms with E-state index in [-0.39, 0.29) is 0 Å². The van der Waals surface area contributed by atoms with Gasteiger partial charge in [-0.1, -0.05) is 60.2 Å². The standard InChI is InChI=1S/C19H23N/c1-16-7-5-11-18(13-16)19(14-20-15-19)12-6-10-17-8-3-2-4-9-17/h2-5,7-9,11,13,20H,6,10,12,14-15H2,1H3. The molecule has 1 N–H and O–H groups in total. The van der Waals surface area contributed by atoms with E-state index in [1.807, 2.05) is 0 Å². The van der Waals surface area contributed by atoms with Crippen molar-refractivity contribution in [1.29, 1.82) is 0 Å². The molecule has 2 aromatic carbocycles. The van der Waals surface area contributed by atoms with Crippen LogP contribution in [0.25, 0.3) is 0 Å². The minimum Gasteiger partial charge on any atom is -0.315 e. The minimum absolute atomic E-state index is 0.376. The van der Waals surface area contributed by atoms with Crippen LogP contribution in [0, 0.1) is 6.92 Å². The van der Waals surface area contributed by atoms with E-state index in [4.69, 9.17) is 0 Å². The Hall–Kier alpha value is -1.60. The number of nitrogens with one attached hydrogen (secondary N) is 1. The smallest absolute Gasteiger partial charge is 0.0202 e. The Morgan fingerprint density at radius 2 is 1.80 bits per heavy atom. The lowest BCUT2D eigenvalue weighted by Gasteiger charge is -2.43. The van der Waals surface area contributed by atoms with Crippen molar-refractivity contribution in [3.8, 4) is 0 Å². The summed E-state index contributed by atoms with van der Waals surface area (Å²) in [7, 11) is 0. The number of aryl methyl sites for hydroxylation is 2. The van der Waals surface area contributed by atoms with E-state index in [1.54, 1.807) is 0 Å². The van der Waals surface area contributed by atoms with Gasteiger partial charge in [0.25, 0.3) is 0 Å². The van der Waals surface area contributed by atoms with Crippen molar-refractivity contribution < 1.29 is 0 Å². The maximum absolute atomic E-state index is 3.47. The summed E-state index contributed by atoms with van der Waals surface area (Å²) in [4.78, 5) is 0. The van der Waals surface area contributed by atoms with Crippen molar-refractivity contribution in [2.75, 3.05) is 13.1 Å². The summed E-state index contributed by atoms with van der Waals surface area (Å²) in [5.74, 6) is 0. The monoisotopic (exact) mass is 265 g/mol. The number of rotatable bonds is 5. The van der Waals surface area contributed by atoms with Crippen molar-refractivity contribution >= 4 is 0 Å². The van der Waals surface area contributed by atoms with Crippen molar-refractivity contribution in [2.24, 2.45) is 0 Å². The summed E-state index contributed by atoms with van der Waals surface area (Å²) in [5, 5.41) is 3.47. The second kappa shape index (κ2) is 5.80.